The molecule has 3 rings (SSSR count). The Bertz CT molecular complexity index is 803. The van der Waals surface area contributed by atoms with Crippen LogP contribution in [0.5, 0.6) is 17.2 Å². The molecule has 2 aromatic carbocycles. The number of amides is 1. The molecule has 0 radical (unpaired) electrons. The lowest BCUT2D eigenvalue weighted by molar-refractivity contribution is 0.0746. The van der Waals surface area contributed by atoms with Gasteiger partial charge in [-0.1, -0.05) is 12.1 Å². The first-order valence-corrected chi connectivity index (χ1v) is 9.27. The van der Waals surface area contributed by atoms with E-state index in [-0.39, 0.29) is 19.1 Å². The highest BCUT2D eigenvalue weighted by Gasteiger charge is 2.24. The number of anilines is 1. The predicted molar refractivity (Wildman–Crippen MR) is 107 cm³/mol. The van der Waals surface area contributed by atoms with Crippen LogP contribution in [0.1, 0.15) is 10.4 Å². The van der Waals surface area contributed by atoms with Crippen molar-refractivity contribution >= 4 is 11.6 Å². The van der Waals surface area contributed by atoms with Gasteiger partial charge in [-0.3, -0.25) is 4.79 Å². The van der Waals surface area contributed by atoms with Gasteiger partial charge in [0, 0.05) is 31.7 Å². The van der Waals surface area contributed by atoms with Gasteiger partial charge in [0.2, 0.25) is 0 Å². The van der Waals surface area contributed by atoms with E-state index in [0.717, 1.165) is 24.5 Å². The summed E-state index contributed by atoms with van der Waals surface area (Å²) in [6, 6.07) is 13.0. The van der Waals surface area contributed by atoms with Crippen LogP contribution in [-0.2, 0) is 0 Å². The standard InChI is InChI=1S/C21H26N2O5/c1-26-18-6-4-3-5-17(18)22-9-11-23(12-10-22)21(25)16-7-8-19(27-2)20(15-16)28-14-13-24/h3-8,15,24H,9-14H2,1-2H3. The quantitative estimate of drug-likeness (QED) is 0.785. The van der Waals surface area contributed by atoms with Crippen molar-refractivity contribution in [1.29, 1.82) is 0 Å². The van der Waals surface area contributed by atoms with E-state index in [1.165, 1.54) is 0 Å². The van der Waals surface area contributed by atoms with Gasteiger partial charge in [-0.25, -0.2) is 0 Å². The highest BCUT2D eigenvalue weighted by atomic mass is 16.5. The number of piperazine rings is 1. The topological polar surface area (TPSA) is 71.5 Å². The molecule has 1 aliphatic heterocycles. The molecule has 0 aromatic heterocycles. The Morgan fingerprint density at radius 3 is 2.36 bits per heavy atom. The fraction of sp³-hybridized carbons (Fsp3) is 0.381. The first kappa shape index (κ1) is 19.8. The summed E-state index contributed by atoms with van der Waals surface area (Å²) in [4.78, 5) is 17.0. The van der Waals surface area contributed by atoms with Gasteiger partial charge in [0.25, 0.3) is 5.91 Å². The molecule has 1 N–H and O–H groups in total. The molecule has 1 fully saturated rings. The van der Waals surface area contributed by atoms with Crippen molar-refractivity contribution in [1.82, 2.24) is 4.90 Å². The molecule has 7 nitrogen and oxygen atoms in total. The Hall–Kier alpha value is -2.93. The molecule has 0 atom stereocenters. The normalized spacial score (nSPS) is 14.0. The summed E-state index contributed by atoms with van der Waals surface area (Å²) in [6.07, 6.45) is 0. The number of hydrogen-bond acceptors (Lipinski definition) is 6. The number of benzene rings is 2. The molecule has 28 heavy (non-hydrogen) atoms. The van der Waals surface area contributed by atoms with E-state index in [4.69, 9.17) is 19.3 Å². The number of hydrogen-bond donors (Lipinski definition) is 1. The van der Waals surface area contributed by atoms with E-state index in [1.807, 2.05) is 29.2 Å². The van der Waals surface area contributed by atoms with E-state index in [0.29, 0.717) is 30.2 Å². The summed E-state index contributed by atoms with van der Waals surface area (Å²) in [5.74, 6) is 1.78. The predicted octanol–water partition coefficient (Wildman–Crippen LogP) is 2.04. The number of carbonyl (C=O) groups is 1. The van der Waals surface area contributed by atoms with Crippen molar-refractivity contribution in [2.75, 3.05) is 58.5 Å². The van der Waals surface area contributed by atoms with Crippen LogP contribution in [0.3, 0.4) is 0 Å². The van der Waals surface area contributed by atoms with Crippen LogP contribution in [0.25, 0.3) is 0 Å². The minimum Gasteiger partial charge on any atom is -0.495 e. The van der Waals surface area contributed by atoms with Crippen molar-refractivity contribution in [3.8, 4) is 17.2 Å². The molecule has 0 bridgehead atoms. The Labute approximate surface area is 165 Å². The van der Waals surface area contributed by atoms with Crippen LogP contribution >= 0.6 is 0 Å². The number of nitrogens with zero attached hydrogens (tertiary/aromatic N) is 2. The summed E-state index contributed by atoms with van der Waals surface area (Å²) in [5.41, 5.74) is 1.58. The first-order chi connectivity index (χ1) is 13.7. The van der Waals surface area contributed by atoms with Gasteiger partial charge in [0.1, 0.15) is 12.4 Å². The third-order valence-corrected chi connectivity index (χ3v) is 4.75. The molecular weight excluding hydrogens is 360 g/mol. The fourth-order valence-corrected chi connectivity index (χ4v) is 3.30. The number of aliphatic hydroxyl groups is 1. The molecule has 0 unspecified atom stereocenters. The van der Waals surface area contributed by atoms with Gasteiger partial charge >= 0.3 is 0 Å². The smallest absolute Gasteiger partial charge is 0.254 e. The molecule has 0 spiro atoms. The van der Waals surface area contributed by atoms with E-state index < -0.39 is 0 Å². The second kappa shape index (κ2) is 9.32. The average Bonchev–Trinajstić information content (AvgIpc) is 2.77. The minimum atomic E-state index is -0.105. The van der Waals surface area contributed by atoms with Gasteiger partial charge in [0.15, 0.2) is 11.5 Å². The summed E-state index contributed by atoms with van der Waals surface area (Å²) < 4.78 is 16.2. The Morgan fingerprint density at radius 2 is 1.68 bits per heavy atom. The van der Waals surface area contributed by atoms with Crippen LogP contribution < -0.4 is 19.1 Å². The number of para-hydroxylation sites is 2. The maximum atomic E-state index is 12.9. The van der Waals surface area contributed by atoms with Crippen molar-refractivity contribution in [2.45, 2.75) is 0 Å². The van der Waals surface area contributed by atoms with Crippen LogP contribution in [0, 0.1) is 0 Å². The van der Waals surface area contributed by atoms with Gasteiger partial charge in [-0.05, 0) is 30.3 Å². The Balaban J connectivity index is 1.68. The lowest BCUT2D eigenvalue weighted by atomic mass is 10.1. The van der Waals surface area contributed by atoms with Gasteiger partial charge in [-0.2, -0.15) is 0 Å². The van der Waals surface area contributed by atoms with Crippen molar-refractivity contribution in [3.63, 3.8) is 0 Å². The van der Waals surface area contributed by atoms with Gasteiger partial charge < -0.3 is 29.1 Å². The molecule has 1 saturated heterocycles. The third-order valence-electron chi connectivity index (χ3n) is 4.75. The van der Waals surface area contributed by atoms with Crippen LogP contribution in [-0.4, -0.2) is 69.5 Å². The summed E-state index contributed by atoms with van der Waals surface area (Å²) in [5, 5.41) is 8.98. The minimum absolute atomic E-state index is 0.0452. The number of carbonyl (C=O) groups excluding carboxylic acids is 1. The zero-order valence-corrected chi connectivity index (χ0v) is 16.3. The lowest BCUT2D eigenvalue weighted by Gasteiger charge is -2.36. The summed E-state index contributed by atoms with van der Waals surface area (Å²) in [6.45, 7) is 2.75. The Kier molecular flexibility index (Phi) is 6.60. The Morgan fingerprint density at radius 1 is 0.964 bits per heavy atom. The van der Waals surface area contributed by atoms with E-state index in [1.54, 1.807) is 32.4 Å². The largest absolute Gasteiger partial charge is 0.495 e. The molecule has 1 amide bonds. The summed E-state index contributed by atoms with van der Waals surface area (Å²) >= 11 is 0. The van der Waals surface area contributed by atoms with Crippen LogP contribution in [0.2, 0.25) is 0 Å². The van der Waals surface area contributed by atoms with Crippen molar-refractivity contribution in [3.05, 3.63) is 48.0 Å². The molecule has 0 saturated carbocycles. The molecular formula is C21H26N2O5. The van der Waals surface area contributed by atoms with E-state index in [2.05, 4.69) is 4.90 Å². The SMILES string of the molecule is COc1ccc(C(=O)N2CCN(c3ccccc3OC)CC2)cc1OCCO. The number of aliphatic hydroxyl groups excluding tert-OH is 1. The highest BCUT2D eigenvalue weighted by molar-refractivity contribution is 5.95. The number of ether oxygens (including phenoxy) is 3. The van der Waals surface area contributed by atoms with Crippen LogP contribution in [0.4, 0.5) is 5.69 Å². The van der Waals surface area contributed by atoms with E-state index >= 15 is 0 Å². The molecule has 150 valence electrons. The summed E-state index contributed by atoms with van der Waals surface area (Å²) in [7, 11) is 3.21. The van der Waals surface area contributed by atoms with Gasteiger partial charge in [-0.15, -0.1) is 0 Å². The highest BCUT2D eigenvalue weighted by Crippen LogP contribution is 2.30. The monoisotopic (exact) mass is 386 g/mol. The number of methoxy groups -OCH3 is 2. The maximum absolute atomic E-state index is 12.9. The third kappa shape index (κ3) is 4.31. The molecule has 7 heteroatoms. The fourth-order valence-electron chi connectivity index (χ4n) is 3.30. The second-order valence-corrected chi connectivity index (χ2v) is 6.39. The van der Waals surface area contributed by atoms with Crippen molar-refractivity contribution < 1.29 is 24.1 Å². The molecule has 1 heterocycles. The maximum Gasteiger partial charge on any atom is 0.254 e. The molecule has 2 aromatic rings. The zero-order chi connectivity index (χ0) is 19.9. The van der Waals surface area contributed by atoms with Crippen molar-refractivity contribution in [2.24, 2.45) is 0 Å². The van der Waals surface area contributed by atoms with Crippen LogP contribution in [0.15, 0.2) is 42.5 Å². The molecule has 0 aliphatic carbocycles. The first-order valence-electron chi connectivity index (χ1n) is 9.27. The lowest BCUT2D eigenvalue weighted by Crippen LogP contribution is -2.48. The molecule has 1 aliphatic rings. The zero-order valence-electron chi connectivity index (χ0n) is 16.3. The number of rotatable bonds is 7. The van der Waals surface area contributed by atoms with E-state index in [9.17, 15) is 4.79 Å². The second-order valence-electron chi connectivity index (χ2n) is 6.39. The van der Waals surface area contributed by atoms with Gasteiger partial charge in [0.05, 0.1) is 26.5 Å². The average molecular weight is 386 g/mol.